The van der Waals surface area contributed by atoms with Crippen LogP contribution in [0.2, 0.25) is 0 Å². The topological polar surface area (TPSA) is 72.8 Å². The molecule has 0 saturated carbocycles. The van der Waals surface area contributed by atoms with Gasteiger partial charge in [-0.1, -0.05) is 134 Å². The van der Waals surface area contributed by atoms with E-state index in [1.54, 1.807) is 0 Å². The fraction of sp³-hybridized carbons (Fsp3) is 0.814. The lowest BCUT2D eigenvalue weighted by Gasteiger charge is -2.33. The number of allylic oxidation sites excluding steroid dienone is 6. The monoisotopic (exact) mass is 691 g/mol. The molecule has 0 aliphatic rings. The fourth-order valence-electron chi connectivity index (χ4n) is 5.90. The fourth-order valence-corrected chi connectivity index (χ4v) is 5.90. The molecule has 1 atom stereocenters. The maximum atomic E-state index is 12.2. The van der Waals surface area contributed by atoms with Crippen LogP contribution in [-0.2, 0) is 19.1 Å². The third kappa shape index (κ3) is 35.7. The Morgan fingerprint density at radius 2 is 0.837 bits per heavy atom. The van der Waals surface area contributed by atoms with Crippen LogP contribution in [0.1, 0.15) is 181 Å². The minimum Gasteiger partial charge on any atom is -0.460 e. The first-order chi connectivity index (χ1) is 24.0. The van der Waals surface area contributed by atoms with Crippen LogP contribution >= 0.6 is 0 Å². The normalized spacial score (nSPS) is 13.1. The molecule has 0 saturated heterocycles. The molecule has 0 bridgehead atoms. The maximum absolute atomic E-state index is 12.2. The SMILES string of the molecule is CCCCC/C=C\C/C=C\CCCCCCCC(=O)OCC[N+](C)(CCO)CCOC(=O)CCCCCCC/C=C\CCCCCCCC. The van der Waals surface area contributed by atoms with E-state index in [9.17, 15) is 14.7 Å². The molecule has 0 aromatic carbocycles. The molecule has 1 unspecified atom stereocenters. The van der Waals surface area contributed by atoms with Gasteiger partial charge in [-0.25, -0.2) is 0 Å². The number of nitrogens with zero attached hydrogens (tertiary/aromatic N) is 1. The Bertz CT molecular complexity index is 823. The van der Waals surface area contributed by atoms with Gasteiger partial charge in [-0.05, 0) is 70.6 Å². The number of likely N-dealkylation sites (N-methyl/N-ethyl adjacent to an activating group) is 1. The standard InChI is InChI=1S/C43H80NO5/c1-4-6-8-10-12-14-16-18-20-22-24-26-28-30-32-34-42(46)48-40-37-44(3,36-39-45)38-41-49-43(47)35-33-31-29-27-25-23-21-19-17-15-13-11-9-7-5-2/h12,14,18-21,45H,4-11,13,15-17,22-41H2,1-3H3/q+1/b14-12-,20-18-,21-19-. The summed E-state index contributed by atoms with van der Waals surface area (Å²) in [5.41, 5.74) is 0. The van der Waals surface area contributed by atoms with E-state index in [1.165, 1.54) is 103 Å². The van der Waals surface area contributed by atoms with Crippen LogP contribution in [0.3, 0.4) is 0 Å². The van der Waals surface area contributed by atoms with Crippen molar-refractivity contribution in [3.8, 4) is 0 Å². The summed E-state index contributed by atoms with van der Waals surface area (Å²) in [5, 5.41) is 9.58. The van der Waals surface area contributed by atoms with Crippen molar-refractivity contribution in [3.63, 3.8) is 0 Å². The molecule has 0 spiro atoms. The first-order valence-corrected chi connectivity index (χ1v) is 20.7. The number of ether oxygens (including phenoxy) is 2. The van der Waals surface area contributed by atoms with E-state index < -0.39 is 0 Å². The van der Waals surface area contributed by atoms with E-state index in [2.05, 4.69) is 50.3 Å². The molecule has 286 valence electrons. The van der Waals surface area contributed by atoms with Gasteiger partial charge in [0.15, 0.2) is 0 Å². The third-order valence-corrected chi connectivity index (χ3v) is 9.40. The minimum atomic E-state index is -0.146. The highest BCUT2D eigenvalue weighted by Crippen LogP contribution is 2.12. The van der Waals surface area contributed by atoms with Gasteiger partial charge in [-0.15, -0.1) is 0 Å². The summed E-state index contributed by atoms with van der Waals surface area (Å²) in [7, 11) is 2.02. The van der Waals surface area contributed by atoms with Crippen LogP contribution in [0, 0.1) is 0 Å². The summed E-state index contributed by atoms with van der Waals surface area (Å²) in [6.07, 6.45) is 43.6. The molecule has 0 aliphatic heterocycles. The molecule has 0 aromatic rings. The Hall–Kier alpha value is -1.92. The number of aliphatic hydroxyl groups is 1. The van der Waals surface area contributed by atoms with Crippen molar-refractivity contribution in [2.24, 2.45) is 0 Å². The zero-order valence-electron chi connectivity index (χ0n) is 32.6. The molecule has 0 amide bonds. The summed E-state index contributed by atoms with van der Waals surface area (Å²) in [4.78, 5) is 24.5. The average Bonchev–Trinajstić information content (AvgIpc) is 3.08. The van der Waals surface area contributed by atoms with E-state index in [0.29, 0.717) is 50.2 Å². The van der Waals surface area contributed by atoms with Crippen molar-refractivity contribution in [3.05, 3.63) is 36.5 Å². The van der Waals surface area contributed by atoms with Gasteiger partial charge in [-0.2, -0.15) is 0 Å². The largest absolute Gasteiger partial charge is 0.460 e. The zero-order valence-corrected chi connectivity index (χ0v) is 32.6. The molecule has 6 heteroatoms. The Morgan fingerprint density at radius 3 is 1.27 bits per heavy atom. The van der Waals surface area contributed by atoms with Crippen LogP contribution < -0.4 is 0 Å². The van der Waals surface area contributed by atoms with Gasteiger partial charge in [0.05, 0.1) is 13.7 Å². The highest BCUT2D eigenvalue weighted by atomic mass is 16.5. The number of esters is 2. The van der Waals surface area contributed by atoms with Gasteiger partial charge in [0, 0.05) is 12.8 Å². The van der Waals surface area contributed by atoms with Gasteiger partial charge in [0.1, 0.15) is 32.8 Å². The van der Waals surface area contributed by atoms with Crippen LogP contribution in [-0.4, -0.2) is 68.0 Å². The molecule has 0 aromatic heterocycles. The molecule has 6 nitrogen and oxygen atoms in total. The first-order valence-electron chi connectivity index (χ1n) is 20.7. The molecule has 0 fully saturated rings. The molecule has 49 heavy (non-hydrogen) atoms. The number of rotatable bonds is 37. The van der Waals surface area contributed by atoms with Gasteiger partial charge in [0.2, 0.25) is 0 Å². The number of carbonyl (C=O) groups is 2. The number of quaternary nitrogens is 1. The molecule has 0 rings (SSSR count). The predicted octanol–water partition coefficient (Wildman–Crippen LogP) is 11.4. The van der Waals surface area contributed by atoms with Gasteiger partial charge < -0.3 is 19.1 Å². The second kappa shape index (κ2) is 37.3. The van der Waals surface area contributed by atoms with E-state index in [0.717, 1.165) is 51.4 Å². The minimum absolute atomic E-state index is 0.0409. The van der Waals surface area contributed by atoms with Crippen LogP contribution in [0.25, 0.3) is 0 Å². The molecule has 0 heterocycles. The Kier molecular flexibility index (Phi) is 35.9. The Labute approximate surface area is 303 Å². The van der Waals surface area contributed by atoms with E-state index in [4.69, 9.17) is 9.47 Å². The molecular formula is C43H80NO5+. The lowest BCUT2D eigenvalue weighted by molar-refractivity contribution is -0.910. The Balaban J connectivity index is 3.78. The molecule has 0 radical (unpaired) electrons. The summed E-state index contributed by atoms with van der Waals surface area (Å²) < 4.78 is 11.5. The maximum Gasteiger partial charge on any atom is 0.305 e. The van der Waals surface area contributed by atoms with Gasteiger partial charge >= 0.3 is 11.9 Å². The predicted molar refractivity (Wildman–Crippen MR) is 209 cm³/mol. The van der Waals surface area contributed by atoms with Crippen molar-refractivity contribution < 1.29 is 28.7 Å². The van der Waals surface area contributed by atoms with Crippen LogP contribution in [0.4, 0.5) is 0 Å². The van der Waals surface area contributed by atoms with Crippen LogP contribution in [0.5, 0.6) is 0 Å². The highest BCUT2D eigenvalue weighted by Gasteiger charge is 2.22. The van der Waals surface area contributed by atoms with Crippen molar-refractivity contribution in [1.29, 1.82) is 0 Å². The van der Waals surface area contributed by atoms with E-state index in [1.807, 2.05) is 7.05 Å². The molecular weight excluding hydrogens is 610 g/mol. The second-order valence-corrected chi connectivity index (χ2v) is 14.3. The summed E-state index contributed by atoms with van der Waals surface area (Å²) in [6, 6.07) is 0. The first kappa shape index (κ1) is 47.1. The number of hydrogen-bond donors (Lipinski definition) is 1. The van der Waals surface area contributed by atoms with Crippen LogP contribution in [0.15, 0.2) is 36.5 Å². The molecule has 1 N–H and O–H groups in total. The highest BCUT2D eigenvalue weighted by molar-refractivity contribution is 5.69. The number of hydrogen-bond acceptors (Lipinski definition) is 5. The number of carbonyl (C=O) groups excluding carboxylic acids is 2. The van der Waals surface area contributed by atoms with E-state index in [-0.39, 0.29) is 18.5 Å². The smallest absolute Gasteiger partial charge is 0.305 e. The lowest BCUT2D eigenvalue weighted by atomic mass is 10.1. The summed E-state index contributed by atoms with van der Waals surface area (Å²) >= 11 is 0. The lowest BCUT2D eigenvalue weighted by Crippen LogP contribution is -2.50. The van der Waals surface area contributed by atoms with Gasteiger partial charge in [-0.3, -0.25) is 9.59 Å². The van der Waals surface area contributed by atoms with Gasteiger partial charge in [0.25, 0.3) is 0 Å². The molecule has 0 aliphatic carbocycles. The van der Waals surface area contributed by atoms with Crippen molar-refractivity contribution in [2.75, 3.05) is 46.5 Å². The van der Waals surface area contributed by atoms with E-state index >= 15 is 0 Å². The average molecular weight is 691 g/mol. The summed E-state index contributed by atoms with van der Waals surface area (Å²) in [5.74, 6) is -0.287. The Morgan fingerprint density at radius 1 is 0.490 bits per heavy atom. The quantitative estimate of drug-likeness (QED) is 0.0304. The van der Waals surface area contributed by atoms with Crippen molar-refractivity contribution in [1.82, 2.24) is 0 Å². The third-order valence-electron chi connectivity index (χ3n) is 9.40. The van der Waals surface area contributed by atoms with Crippen molar-refractivity contribution in [2.45, 2.75) is 181 Å². The second-order valence-electron chi connectivity index (χ2n) is 14.3. The van der Waals surface area contributed by atoms with Crippen molar-refractivity contribution >= 4 is 11.9 Å². The zero-order chi connectivity index (χ0) is 35.9. The number of aliphatic hydroxyl groups excluding tert-OH is 1. The number of unbranched alkanes of at least 4 members (excludes halogenated alkanes) is 19. The summed E-state index contributed by atoms with van der Waals surface area (Å²) in [6.45, 7) is 6.91.